The third-order valence-corrected chi connectivity index (χ3v) is 4.63. The van der Waals surface area contributed by atoms with Crippen LogP contribution in [0.5, 0.6) is 0 Å². The number of benzene rings is 1. The zero-order valence-electron chi connectivity index (χ0n) is 13.5. The van der Waals surface area contributed by atoms with Gasteiger partial charge < -0.3 is 5.32 Å². The molecule has 2 aromatic rings. The molecule has 3 N–H and O–H groups in total. The monoisotopic (exact) mass is 322 g/mol. The molecule has 0 aliphatic carbocycles. The fourth-order valence-corrected chi connectivity index (χ4v) is 3.63. The van der Waals surface area contributed by atoms with Crippen molar-refractivity contribution in [1.82, 2.24) is 10.2 Å². The lowest BCUT2D eigenvalue weighted by atomic mass is 10.1. The molecule has 120 valence electrons. The van der Waals surface area contributed by atoms with Crippen LogP contribution in [0.3, 0.4) is 0 Å². The van der Waals surface area contributed by atoms with Gasteiger partial charge in [-0.2, -0.15) is 5.10 Å². The van der Waals surface area contributed by atoms with E-state index in [0.717, 1.165) is 5.69 Å². The van der Waals surface area contributed by atoms with Crippen molar-refractivity contribution in [2.75, 3.05) is 10.0 Å². The highest BCUT2D eigenvalue weighted by Crippen LogP contribution is 2.22. The second kappa shape index (κ2) is 5.64. The van der Waals surface area contributed by atoms with Crippen LogP contribution in [-0.2, 0) is 10.0 Å². The lowest BCUT2D eigenvalue weighted by Gasteiger charge is -2.22. The average molecular weight is 322 g/mol. The first-order valence-electron chi connectivity index (χ1n) is 7.01. The molecule has 0 saturated carbocycles. The van der Waals surface area contributed by atoms with Gasteiger partial charge in [0.15, 0.2) is 0 Å². The summed E-state index contributed by atoms with van der Waals surface area (Å²) >= 11 is 0. The third kappa shape index (κ3) is 3.79. The summed E-state index contributed by atoms with van der Waals surface area (Å²) in [7, 11) is -3.64. The van der Waals surface area contributed by atoms with Crippen LogP contribution in [0.25, 0.3) is 0 Å². The van der Waals surface area contributed by atoms with Crippen LogP contribution in [0.4, 0.5) is 11.4 Å². The summed E-state index contributed by atoms with van der Waals surface area (Å²) in [6.07, 6.45) is 0. The van der Waals surface area contributed by atoms with E-state index >= 15 is 0 Å². The minimum absolute atomic E-state index is 0.0496. The Bertz CT molecular complexity index is 736. The van der Waals surface area contributed by atoms with Gasteiger partial charge in [-0.15, -0.1) is 0 Å². The van der Waals surface area contributed by atoms with Crippen molar-refractivity contribution in [1.29, 1.82) is 0 Å². The Balaban J connectivity index is 2.21. The number of aromatic nitrogens is 2. The normalized spacial score (nSPS) is 12.2. The number of rotatable bonds is 4. The molecule has 6 nitrogen and oxygen atoms in total. The Hall–Kier alpha value is -2.02. The van der Waals surface area contributed by atoms with Crippen LogP contribution in [0.1, 0.15) is 32.2 Å². The van der Waals surface area contributed by atoms with Crippen LogP contribution in [-0.4, -0.2) is 24.2 Å². The summed E-state index contributed by atoms with van der Waals surface area (Å²) in [6, 6.07) is 7.16. The number of aryl methyl sites for hydroxylation is 2. The molecule has 7 heteroatoms. The molecule has 0 aliphatic heterocycles. The topological polar surface area (TPSA) is 86.9 Å². The van der Waals surface area contributed by atoms with Gasteiger partial charge in [-0.3, -0.25) is 9.82 Å². The second-order valence-corrected chi connectivity index (χ2v) is 7.94. The molecule has 0 radical (unpaired) electrons. The van der Waals surface area contributed by atoms with Gasteiger partial charge in [0.2, 0.25) is 0 Å². The zero-order valence-corrected chi connectivity index (χ0v) is 14.3. The Morgan fingerprint density at radius 3 is 2.05 bits per heavy atom. The molecule has 0 saturated heterocycles. The SMILES string of the molecule is Cc1n[nH]c(C)c1S(=O)(=O)Nc1ccc(NC(C)(C)C)cc1. The summed E-state index contributed by atoms with van der Waals surface area (Å²) in [4.78, 5) is 0.199. The first-order chi connectivity index (χ1) is 10.1. The van der Waals surface area contributed by atoms with Gasteiger partial charge in [0.05, 0.1) is 11.4 Å². The van der Waals surface area contributed by atoms with Gasteiger partial charge in [0.1, 0.15) is 4.90 Å². The van der Waals surface area contributed by atoms with E-state index in [-0.39, 0.29) is 10.4 Å². The van der Waals surface area contributed by atoms with E-state index in [2.05, 4.69) is 41.0 Å². The van der Waals surface area contributed by atoms with Crippen molar-refractivity contribution < 1.29 is 8.42 Å². The number of sulfonamides is 1. The van der Waals surface area contributed by atoms with Crippen molar-refractivity contribution >= 4 is 21.4 Å². The van der Waals surface area contributed by atoms with E-state index in [4.69, 9.17) is 0 Å². The highest BCUT2D eigenvalue weighted by Gasteiger charge is 2.22. The van der Waals surface area contributed by atoms with E-state index < -0.39 is 10.0 Å². The van der Waals surface area contributed by atoms with Crippen molar-refractivity contribution in [3.05, 3.63) is 35.7 Å². The van der Waals surface area contributed by atoms with E-state index in [1.807, 2.05) is 12.1 Å². The third-order valence-electron chi connectivity index (χ3n) is 2.99. The van der Waals surface area contributed by atoms with Gasteiger partial charge >= 0.3 is 0 Å². The molecule has 1 aromatic heterocycles. The summed E-state index contributed by atoms with van der Waals surface area (Å²) < 4.78 is 27.4. The quantitative estimate of drug-likeness (QED) is 0.807. The number of nitrogens with zero attached hydrogens (tertiary/aromatic N) is 1. The van der Waals surface area contributed by atoms with Crippen LogP contribution in [0, 0.1) is 13.8 Å². The molecule has 0 fully saturated rings. The maximum absolute atomic E-state index is 12.4. The molecule has 1 aromatic carbocycles. The van der Waals surface area contributed by atoms with Gasteiger partial charge in [-0.1, -0.05) is 0 Å². The predicted octanol–water partition coefficient (Wildman–Crippen LogP) is 3.04. The molecule has 0 aliphatic rings. The molecule has 22 heavy (non-hydrogen) atoms. The number of anilines is 2. The minimum atomic E-state index is -3.64. The summed E-state index contributed by atoms with van der Waals surface area (Å²) in [5.74, 6) is 0. The van der Waals surface area contributed by atoms with Crippen LogP contribution >= 0.6 is 0 Å². The van der Waals surface area contributed by atoms with E-state index in [1.165, 1.54) is 0 Å². The Morgan fingerprint density at radius 2 is 1.59 bits per heavy atom. The molecule has 0 atom stereocenters. The minimum Gasteiger partial charge on any atom is -0.380 e. The lowest BCUT2D eigenvalue weighted by molar-refractivity contribution is 0.600. The zero-order chi connectivity index (χ0) is 16.5. The lowest BCUT2D eigenvalue weighted by Crippen LogP contribution is -2.25. The van der Waals surface area contributed by atoms with Crippen molar-refractivity contribution in [3.8, 4) is 0 Å². The average Bonchev–Trinajstić information content (AvgIpc) is 2.70. The second-order valence-electron chi connectivity index (χ2n) is 6.32. The Morgan fingerprint density at radius 1 is 1.05 bits per heavy atom. The number of H-pyrrole nitrogens is 1. The summed E-state index contributed by atoms with van der Waals surface area (Å²) in [6.45, 7) is 9.54. The Kier molecular flexibility index (Phi) is 4.19. The molecule has 0 bridgehead atoms. The molecule has 0 spiro atoms. The predicted molar refractivity (Wildman–Crippen MR) is 88.7 cm³/mol. The van der Waals surface area contributed by atoms with Crippen molar-refractivity contribution in [2.45, 2.75) is 45.1 Å². The molecular weight excluding hydrogens is 300 g/mol. The molecule has 2 rings (SSSR count). The van der Waals surface area contributed by atoms with Gasteiger partial charge in [-0.25, -0.2) is 8.42 Å². The number of hydrogen-bond donors (Lipinski definition) is 3. The van der Waals surface area contributed by atoms with Gasteiger partial charge in [0, 0.05) is 16.9 Å². The largest absolute Gasteiger partial charge is 0.380 e. The number of aromatic amines is 1. The van der Waals surface area contributed by atoms with Gasteiger partial charge in [-0.05, 0) is 58.9 Å². The number of nitrogens with one attached hydrogen (secondary N) is 3. The molecular formula is C15H22N4O2S. The standard InChI is InChI=1S/C15H22N4O2S/c1-10-14(11(2)18-17-10)22(20,21)19-13-8-6-12(7-9-13)16-15(3,4)5/h6-9,16,19H,1-5H3,(H,17,18). The van der Waals surface area contributed by atoms with Crippen molar-refractivity contribution in [3.63, 3.8) is 0 Å². The molecule has 0 unspecified atom stereocenters. The van der Waals surface area contributed by atoms with Gasteiger partial charge in [0.25, 0.3) is 10.0 Å². The Labute approximate surface area is 131 Å². The highest BCUT2D eigenvalue weighted by atomic mass is 32.2. The molecule has 1 heterocycles. The molecule has 0 amide bonds. The van der Waals surface area contributed by atoms with Crippen LogP contribution in [0.15, 0.2) is 29.2 Å². The smallest absolute Gasteiger partial charge is 0.265 e. The van der Waals surface area contributed by atoms with E-state index in [0.29, 0.717) is 17.1 Å². The fraction of sp³-hybridized carbons (Fsp3) is 0.400. The van der Waals surface area contributed by atoms with Crippen LogP contribution in [0.2, 0.25) is 0 Å². The summed E-state index contributed by atoms with van der Waals surface area (Å²) in [5.41, 5.74) is 2.38. The van der Waals surface area contributed by atoms with E-state index in [1.54, 1.807) is 26.0 Å². The summed E-state index contributed by atoms with van der Waals surface area (Å²) in [5, 5.41) is 9.93. The first-order valence-corrected chi connectivity index (χ1v) is 8.49. The first kappa shape index (κ1) is 16.4. The number of hydrogen-bond acceptors (Lipinski definition) is 4. The van der Waals surface area contributed by atoms with E-state index in [9.17, 15) is 8.42 Å². The maximum atomic E-state index is 12.4. The fourth-order valence-electron chi connectivity index (χ4n) is 2.20. The maximum Gasteiger partial charge on any atom is 0.265 e. The van der Waals surface area contributed by atoms with Crippen LogP contribution < -0.4 is 10.0 Å². The van der Waals surface area contributed by atoms with Crippen molar-refractivity contribution in [2.24, 2.45) is 0 Å². The highest BCUT2D eigenvalue weighted by molar-refractivity contribution is 7.92.